The summed E-state index contributed by atoms with van der Waals surface area (Å²) in [7, 11) is 0. The molecule has 1 heterocycles. The van der Waals surface area contributed by atoms with E-state index in [1.54, 1.807) is 0 Å². The van der Waals surface area contributed by atoms with Crippen molar-refractivity contribution in [2.45, 2.75) is 5.03 Å². The van der Waals surface area contributed by atoms with Gasteiger partial charge in [0.05, 0.1) is 0 Å². The van der Waals surface area contributed by atoms with Crippen molar-refractivity contribution < 1.29 is 4.42 Å². The van der Waals surface area contributed by atoms with E-state index in [2.05, 4.69) is 22.0 Å². The fourth-order valence-electron chi connectivity index (χ4n) is 0.279. The molecule has 1 aromatic rings. The number of rotatable bonds is 0. The quantitative estimate of drug-likeness (QED) is 0.486. The SMILES string of the molecule is Nc1nc(S)co1. The van der Waals surface area contributed by atoms with Crippen molar-refractivity contribution in [1.82, 2.24) is 4.98 Å². The Morgan fingerprint density at radius 3 is 2.71 bits per heavy atom. The van der Waals surface area contributed by atoms with Crippen molar-refractivity contribution in [2.24, 2.45) is 0 Å². The highest BCUT2D eigenvalue weighted by Crippen LogP contribution is 2.04. The summed E-state index contributed by atoms with van der Waals surface area (Å²) >= 11 is 3.82. The summed E-state index contributed by atoms with van der Waals surface area (Å²) in [4.78, 5) is 3.59. The van der Waals surface area contributed by atoms with Crippen LogP contribution in [0.1, 0.15) is 0 Å². The van der Waals surface area contributed by atoms with E-state index in [4.69, 9.17) is 5.73 Å². The van der Waals surface area contributed by atoms with Gasteiger partial charge in [-0.25, -0.2) is 0 Å². The fourth-order valence-corrected chi connectivity index (χ4v) is 0.430. The number of hydrogen-bond acceptors (Lipinski definition) is 4. The van der Waals surface area contributed by atoms with Crippen molar-refractivity contribution in [1.29, 1.82) is 0 Å². The molecule has 0 unspecified atom stereocenters. The van der Waals surface area contributed by atoms with Gasteiger partial charge >= 0.3 is 0 Å². The van der Waals surface area contributed by atoms with Gasteiger partial charge in [0.2, 0.25) is 0 Å². The Morgan fingerprint density at radius 1 is 1.86 bits per heavy atom. The lowest BCUT2D eigenvalue weighted by Gasteiger charge is -1.69. The predicted molar refractivity (Wildman–Crippen MR) is 28.2 cm³/mol. The van der Waals surface area contributed by atoms with Gasteiger partial charge in [0.25, 0.3) is 6.01 Å². The van der Waals surface area contributed by atoms with E-state index in [-0.39, 0.29) is 6.01 Å². The molecule has 0 bridgehead atoms. The lowest BCUT2D eigenvalue weighted by molar-refractivity contribution is 0.577. The van der Waals surface area contributed by atoms with Crippen molar-refractivity contribution in [3.63, 3.8) is 0 Å². The minimum absolute atomic E-state index is 0.157. The zero-order valence-electron chi connectivity index (χ0n) is 3.46. The highest BCUT2D eigenvalue weighted by molar-refractivity contribution is 7.80. The Labute approximate surface area is 45.9 Å². The summed E-state index contributed by atoms with van der Waals surface area (Å²) in [6, 6.07) is 0.157. The summed E-state index contributed by atoms with van der Waals surface area (Å²) in [6.07, 6.45) is 1.37. The number of oxazole rings is 1. The highest BCUT2D eigenvalue weighted by Gasteiger charge is 1.89. The van der Waals surface area contributed by atoms with Crippen molar-refractivity contribution in [3.05, 3.63) is 6.26 Å². The van der Waals surface area contributed by atoms with E-state index in [0.717, 1.165) is 0 Å². The number of hydrogen-bond donors (Lipinski definition) is 2. The van der Waals surface area contributed by atoms with Crippen LogP contribution in [0, 0.1) is 0 Å². The summed E-state index contributed by atoms with van der Waals surface area (Å²) in [6.45, 7) is 0. The minimum Gasteiger partial charge on any atom is -0.431 e. The molecular weight excluding hydrogens is 112 g/mol. The normalized spacial score (nSPS) is 9.29. The maximum Gasteiger partial charge on any atom is 0.292 e. The van der Waals surface area contributed by atoms with E-state index < -0.39 is 0 Å². The lowest BCUT2D eigenvalue weighted by atomic mass is 11.0. The van der Waals surface area contributed by atoms with Gasteiger partial charge in [0.1, 0.15) is 11.3 Å². The zero-order valence-corrected chi connectivity index (χ0v) is 4.35. The average Bonchev–Trinajstić information content (AvgIpc) is 1.87. The maximum absolute atomic E-state index is 5.05. The van der Waals surface area contributed by atoms with Gasteiger partial charge in [-0.15, -0.1) is 12.6 Å². The monoisotopic (exact) mass is 116 g/mol. The third-order valence-electron chi connectivity index (χ3n) is 0.510. The van der Waals surface area contributed by atoms with Gasteiger partial charge in [-0.05, 0) is 0 Å². The fraction of sp³-hybridized carbons (Fsp3) is 0. The lowest BCUT2D eigenvalue weighted by Crippen LogP contribution is -1.80. The molecule has 38 valence electrons. The maximum atomic E-state index is 5.05. The molecule has 0 atom stereocenters. The van der Waals surface area contributed by atoms with Crippen LogP contribution in [0.4, 0.5) is 6.01 Å². The largest absolute Gasteiger partial charge is 0.431 e. The first-order valence-electron chi connectivity index (χ1n) is 1.69. The molecule has 0 radical (unpaired) electrons. The smallest absolute Gasteiger partial charge is 0.292 e. The van der Waals surface area contributed by atoms with Gasteiger partial charge < -0.3 is 10.2 Å². The van der Waals surface area contributed by atoms with E-state index in [1.165, 1.54) is 6.26 Å². The summed E-state index contributed by atoms with van der Waals surface area (Å²) in [5, 5.41) is 0.512. The number of thiol groups is 1. The molecule has 4 heteroatoms. The van der Waals surface area contributed by atoms with Gasteiger partial charge in [-0.2, -0.15) is 4.98 Å². The van der Waals surface area contributed by atoms with Crippen LogP contribution in [0.2, 0.25) is 0 Å². The van der Waals surface area contributed by atoms with Crippen molar-refractivity contribution >= 4 is 18.6 Å². The van der Waals surface area contributed by atoms with Gasteiger partial charge in [0, 0.05) is 0 Å². The van der Waals surface area contributed by atoms with Crippen molar-refractivity contribution in [3.8, 4) is 0 Å². The first-order chi connectivity index (χ1) is 3.29. The van der Waals surface area contributed by atoms with E-state index in [9.17, 15) is 0 Å². The van der Waals surface area contributed by atoms with E-state index in [0.29, 0.717) is 5.03 Å². The van der Waals surface area contributed by atoms with Crippen LogP contribution in [-0.2, 0) is 0 Å². The van der Waals surface area contributed by atoms with Crippen LogP contribution in [0.25, 0.3) is 0 Å². The number of nitrogens with two attached hydrogens (primary N) is 1. The molecule has 0 aliphatic rings. The Hall–Kier alpha value is -0.640. The topological polar surface area (TPSA) is 52.0 Å². The van der Waals surface area contributed by atoms with Crippen LogP contribution in [0.5, 0.6) is 0 Å². The Balaban J connectivity index is 3.04. The molecule has 0 amide bonds. The van der Waals surface area contributed by atoms with E-state index >= 15 is 0 Å². The molecule has 2 N–H and O–H groups in total. The predicted octanol–water partition coefficient (Wildman–Crippen LogP) is 0.546. The molecule has 1 aromatic heterocycles. The van der Waals surface area contributed by atoms with E-state index in [1.807, 2.05) is 0 Å². The van der Waals surface area contributed by atoms with Crippen molar-refractivity contribution in [2.75, 3.05) is 5.73 Å². The second kappa shape index (κ2) is 1.46. The molecule has 1 rings (SSSR count). The number of aromatic nitrogens is 1. The molecule has 0 saturated heterocycles. The first kappa shape index (κ1) is 4.52. The summed E-state index contributed by atoms with van der Waals surface area (Å²) in [5.41, 5.74) is 5.05. The molecule has 3 nitrogen and oxygen atoms in total. The average molecular weight is 116 g/mol. The van der Waals surface area contributed by atoms with Crippen LogP contribution >= 0.6 is 12.6 Å². The molecular formula is C3H4N2OS. The third-order valence-corrected chi connectivity index (χ3v) is 0.715. The molecule has 0 aliphatic carbocycles. The van der Waals surface area contributed by atoms with Gasteiger partial charge in [-0.3, -0.25) is 0 Å². The summed E-state index contributed by atoms with van der Waals surface area (Å²) in [5.74, 6) is 0. The van der Waals surface area contributed by atoms with Gasteiger partial charge in [-0.1, -0.05) is 0 Å². The highest BCUT2D eigenvalue weighted by atomic mass is 32.1. The van der Waals surface area contributed by atoms with Crippen LogP contribution in [-0.4, -0.2) is 4.98 Å². The minimum atomic E-state index is 0.157. The molecule has 0 fully saturated rings. The summed E-state index contributed by atoms with van der Waals surface area (Å²) < 4.78 is 4.55. The Kier molecular flexibility index (Phi) is 0.941. The molecule has 0 saturated carbocycles. The standard InChI is InChI=1S/C3H4N2OS/c4-3-5-2(7)1-6-3/h1,7H,(H2,4,5). The molecule has 7 heavy (non-hydrogen) atoms. The third kappa shape index (κ3) is 0.866. The van der Waals surface area contributed by atoms with Crippen LogP contribution in [0.3, 0.4) is 0 Å². The molecule has 0 aliphatic heterocycles. The van der Waals surface area contributed by atoms with Gasteiger partial charge in [0.15, 0.2) is 0 Å². The molecule has 0 aromatic carbocycles. The van der Waals surface area contributed by atoms with Crippen LogP contribution < -0.4 is 5.73 Å². The first-order valence-corrected chi connectivity index (χ1v) is 2.14. The second-order valence-electron chi connectivity index (χ2n) is 1.04. The number of nitrogens with zero attached hydrogens (tertiary/aromatic N) is 1. The number of anilines is 1. The van der Waals surface area contributed by atoms with Crippen LogP contribution in [0.15, 0.2) is 15.7 Å². The molecule has 0 spiro atoms. The zero-order chi connectivity index (χ0) is 5.28. The Morgan fingerprint density at radius 2 is 2.57 bits per heavy atom. The number of nitrogen functional groups attached to an aromatic ring is 1. The second-order valence-corrected chi connectivity index (χ2v) is 1.50. The Bertz CT molecular complexity index is 145.